The highest BCUT2D eigenvalue weighted by Gasteiger charge is 2.48. The number of nitrogens with zero attached hydrogens (tertiary/aromatic N) is 1. The van der Waals surface area contributed by atoms with Gasteiger partial charge >= 0.3 is 5.97 Å². The summed E-state index contributed by atoms with van der Waals surface area (Å²) in [6.45, 7) is 3.93. The number of nitrogens with one attached hydrogen (secondary N) is 1. The van der Waals surface area contributed by atoms with Gasteiger partial charge in [-0.3, -0.25) is 14.4 Å². The van der Waals surface area contributed by atoms with Crippen LogP contribution in [0.2, 0.25) is 0 Å². The predicted molar refractivity (Wildman–Crippen MR) is 101 cm³/mol. The summed E-state index contributed by atoms with van der Waals surface area (Å²) in [5.41, 5.74) is 1.91. The molecule has 7 heteroatoms. The topological polar surface area (TPSA) is 86.7 Å². The summed E-state index contributed by atoms with van der Waals surface area (Å²) < 4.78 is 0. The normalized spacial score (nSPS) is 21.2. The zero-order valence-corrected chi connectivity index (χ0v) is 15.9. The first kappa shape index (κ1) is 18.8. The van der Waals surface area contributed by atoms with Crippen LogP contribution in [0.3, 0.4) is 0 Å². The zero-order valence-electron chi connectivity index (χ0n) is 15.1. The first-order valence-electron chi connectivity index (χ1n) is 8.82. The summed E-state index contributed by atoms with van der Waals surface area (Å²) in [5, 5.41) is 12.4. The van der Waals surface area contributed by atoms with Gasteiger partial charge in [0, 0.05) is 17.9 Å². The Labute approximate surface area is 157 Å². The monoisotopic (exact) mass is 376 g/mol. The first-order chi connectivity index (χ1) is 12.3. The fraction of sp³-hybridized carbons (Fsp3) is 0.526. The summed E-state index contributed by atoms with van der Waals surface area (Å²) in [4.78, 5) is 38.5. The van der Waals surface area contributed by atoms with E-state index in [1.807, 2.05) is 32.0 Å². The second kappa shape index (κ2) is 7.31. The molecule has 26 heavy (non-hydrogen) atoms. The molecule has 1 saturated carbocycles. The Morgan fingerprint density at radius 1 is 1.31 bits per heavy atom. The van der Waals surface area contributed by atoms with Gasteiger partial charge in [-0.25, -0.2) is 0 Å². The van der Waals surface area contributed by atoms with Crippen molar-refractivity contribution in [2.45, 2.75) is 45.6 Å². The van der Waals surface area contributed by atoms with E-state index in [1.165, 1.54) is 16.7 Å². The Bertz CT molecular complexity index is 745. The fourth-order valence-corrected chi connectivity index (χ4v) is 4.65. The molecule has 0 aromatic heterocycles. The molecule has 1 heterocycles. The van der Waals surface area contributed by atoms with Crippen molar-refractivity contribution in [3.63, 3.8) is 0 Å². The molecule has 2 aliphatic rings. The minimum Gasteiger partial charge on any atom is -0.481 e. The molecule has 0 spiro atoms. The van der Waals surface area contributed by atoms with E-state index < -0.39 is 17.4 Å². The van der Waals surface area contributed by atoms with E-state index >= 15 is 0 Å². The van der Waals surface area contributed by atoms with Crippen LogP contribution in [0, 0.1) is 19.3 Å². The van der Waals surface area contributed by atoms with Gasteiger partial charge < -0.3 is 15.3 Å². The molecule has 1 unspecified atom stereocenters. The summed E-state index contributed by atoms with van der Waals surface area (Å²) in [7, 11) is 0. The van der Waals surface area contributed by atoms with Gasteiger partial charge in [0.1, 0.15) is 6.04 Å². The zero-order chi connectivity index (χ0) is 18.9. The summed E-state index contributed by atoms with van der Waals surface area (Å²) in [5.74, 6) is -0.393. The summed E-state index contributed by atoms with van der Waals surface area (Å²) >= 11 is 1.52. The van der Waals surface area contributed by atoms with Crippen molar-refractivity contribution in [3.8, 4) is 0 Å². The van der Waals surface area contributed by atoms with Gasteiger partial charge in [0.2, 0.25) is 11.8 Å². The van der Waals surface area contributed by atoms with E-state index in [4.69, 9.17) is 0 Å². The maximum Gasteiger partial charge on any atom is 0.310 e. The largest absolute Gasteiger partial charge is 0.481 e. The van der Waals surface area contributed by atoms with Crippen LogP contribution in [-0.2, 0) is 14.4 Å². The molecule has 0 radical (unpaired) electrons. The van der Waals surface area contributed by atoms with E-state index in [0.717, 1.165) is 23.2 Å². The number of rotatable bonds is 5. The molecule has 6 nitrogen and oxygen atoms in total. The second-order valence-electron chi connectivity index (χ2n) is 7.23. The van der Waals surface area contributed by atoms with Gasteiger partial charge in [0.15, 0.2) is 0 Å². The average Bonchev–Trinajstić information content (AvgIpc) is 3.04. The average molecular weight is 376 g/mol. The molecule has 1 aliphatic heterocycles. The van der Waals surface area contributed by atoms with E-state index in [1.54, 1.807) is 0 Å². The third kappa shape index (κ3) is 3.45. The molecule has 1 atom stereocenters. The maximum atomic E-state index is 12.7. The van der Waals surface area contributed by atoms with Gasteiger partial charge in [0.25, 0.3) is 0 Å². The maximum absolute atomic E-state index is 12.7. The molecule has 2 N–H and O–H groups in total. The van der Waals surface area contributed by atoms with E-state index in [9.17, 15) is 19.5 Å². The second-order valence-corrected chi connectivity index (χ2v) is 8.23. The highest BCUT2D eigenvalue weighted by Crippen LogP contribution is 2.45. The SMILES string of the molecule is Cc1cccc(NC(=O)C2CSCN2C(=O)CC2(C(=O)O)CCC2)c1C. The number of aryl methyl sites for hydroxylation is 1. The first-order valence-corrected chi connectivity index (χ1v) is 9.97. The van der Waals surface area contributed by atoms with Crippen molar-refractivity contribution >= 4 is 35.2 Å². The minimum absolute atomic E-state index is 0.0177. The lowest BCUT2D eigenvalue weighted by Crippen LogP contribution is -2.48. The Hall–Kier alpha value is -2.02. The third-order valence-electron chi connectivity index (χ3n) is 5.62. The van der Waals surface area contributed by atoms with Crippen LogP contribution in [0.15, 0.2) is 18.2 Å². The molecule has 1 aliphatic carbocycles. The number of benzene rings is 1. The van der Waals surface area contributed by atoms with Crippen LogP contribution in [0.25, 0.3) is 0 Å². The van der Waals surface area contributed by atoms with Gasteiger partial charge in [-0.05, 0) is 43.9 Å². The number of hydrogen-bond donors (Lipinski definition) is 2. The lowest BCUT2D eigenvalue weighted by atomic mass is 9.66. The number of carbonyl (C=O) groups is 3. The number of aliphatic carboxylic acids is 1. The molecule has 2 amide bonds. The van der Waals surface area contributed by atoms with Crippen LogP contribution >= 0.6 is 11.8 Å². The number of carboxylic acid groups (broad SMARTS) is 1. The molecule has 1 saturated heterocycles. The fourth-order valence-electron chi connectivity index (χ4n) is 3.47. The number of anilines is 1. The Morgan fingerprint density at radius 2 is 2.04 bits per heavy atom. The van der Waals surface area contributed by atoms with Crippen molar-refractivity contribution in [2.75, 3.05) is 16.9 Å². The van der Waals surface area contributed by atoms with Crippen LogP contribution in [-0.4, -0.2) is 45.5 Å². The van der Waals surface area contributed by atoms with E-state index in [-0.39, 0.29) is 18.2 Å². The molecule has 140 valence electrons. The van der Waals surface area contributed by atoms with Crippen molar-refractivity contribution in [1.82, 2.24) is 4.90 Å². The molecule has 1 aromatic carbocycles. The number of thioether (sulfide) groups is 1. The number of amides is 2. The quantitative estimate of drug-likeness (QED) is 0.825. The molecule has 2 fully saturated rings. The molecule has 3 rings (SSSR count). The third-order valence-corrected chi connectivity index (χ3v) is 6.63. The molecule has 0 bridgehead atoms. The highest BCUT2D eigenvalue weighted by molar-refractivity contribution is 7.99. The number of hydrogen-bond acceptors (Lipinski definition) is 4. The van der Waals surface area contributed by atoms with Gasteiger partial charge in [-0.1, -0.05) is 18.6 Å². The van der Waals surface area contributed by atoms with Crippen LogP contribution in [0.4, 0.5) is 5.69 Å². The summed E-state index contributed by atoms with van der Waals surface area (Å²) in [6.07, 6.45) is 1.89. The van der Waals surface area contributed by atoms with Crippen LogP contribution in [0.1, 0.15) is 36.8 Å². The molecule has 1 aromatic rings. The molecular weight excluding hydrogens is 352 g/mol. The van der Waals surface area contributed by atoms with Crippen LogP contribution < -0.4 is 5.32 Å². The summed E-state index contributed by atoms with van der Waals surface area (Å²) in [6, 6.07) is 5.16. The van der Waals surface area contributed by atoms with Crippen molar-refractivity contribution in [1.29, 1.82) is 0 Å². The standard InChI is InChI=1S/C19H24N2O4S/c1-12-5-3-6-14(13(12)2)20-17(23)15-10-26-11-21(15)16(22)9-19(18(24)25)7-4-8-19/h3,5-6,15H,4,7-11H2,1-2H3,(H,20,23)(H,24,25). The van der Waals surface area contributed by atoms with Gasteiger partial charge in [-0.2, -0.15) is 0 Å². The lowest BCUT2D eigenvalue weighted by Gasteiger charge is -2.38. The Kier molecular flexibility index (Phi) is 5.27. The van der Waals surface area contributed by atoms with E-state index in [0.29, 0.717) is 24.5 Å². The smallest absolute Gasteiger partial charge is 0.310 e. The van der Waals surface area contributed by atoms with Crippen molar-refractivity contribution in [2.24, 2.45) is 5.41 Å². The predicted octanol–water partition coefficient (Wildman–Crippen LogP) is 2.79. The van der Waals surface area contributed by atoms with Crippen LogP contribution in [0.5, 0.6) is 0 Å². The van der Waals surface area contributed by atoms with Crippen molar-refractivity contribution in [3.05, 3.63) is 29.3 Å². The Morgan fingerprint density at radius 3 is 2.65 bits per heavy atom. The lowest BCUT2D eigenvalue weighted by molar-refractivity contribution is -0.159. The van der Waals surface area contributed by atoms with Crippen molar-refractivity contribution < 1.29 is 19.5 Å². The molecular formula is C19H24N2O4S. The number of carbonyl (C=O) groups excluding carboxylic acids is 2. The highest BCUT2D eigenvalue weighted by atomic mass is 32.2. The van der Waals surface area contributed by atoms with Gasteiger partial charge in [0.05, 0.1) is 11.3 Å². The van der Waals surface area contributed by atoms with Gasteiger partial charge in [-0.15, -0.1) is 11.8 Å². The van der Waals surface area contributed by atoms with E-state index in [2.05, 4.69) is 5.32 Å². The minimum atomic E-state index is -0.932. The Balaban J connectivity index is 1.69. The number of carboxylic acids is 1.